The normalized spacial score (nSPS) is 14.1. The molecule has 2 heterocycles. The summed E-state index contributed by atoms with van der Waals surface area (Å²) in [6, 6.07) is 14.8. The molecule has 1 saturated carbocycles. The molecule has 1 aliphatic carbocycles. The van der Waals surface area contributed by atoms with Crippen molar-refractivity contribution in [2.45, 2.75) is 65.0 Å². The molecule has 2 N–H and O–H groups in total. The van der Waals surface area contributed by atoms with Crippen molar-refractivity contribution in [3.8, 4) is 17.9 Å². The van der Waals surface area contributed by atoms with Crippen LogP contribution in [0.15, 0.2) is 54.9 Å². The van der Waals surface area contributed by atoms with E-state index in [1.54, 1.807) is 12.1 Å². The summed E-state index contributed by atoms with van der Waals surface area (Å²) in [4.78, 5) is 22.1. The molecule has 0 saturated heterocycles. The van der Waals surface area contributed by atoms with Crippen molar-refractivity contribution in [3.63, 3.8) is 0 Å². The number of nitrogens with one attached hydrogen (secondary N) is 2. The van der Waals surface area contributed by atoms with Crippen LogP contribution in [0.25, 0.3) is 5.82 Å². The van der Waals surface area contributed by atoms with Crippen LogP contribution in [0.3, 0.4) is 0 Å². The standard InChI is InChI=1S/C26H30N6O2.C2H6/c1-34-26-30-23(16-24(31-26)32-13-5-6-14-32)29-22(15-19-7-3-2-4-8-19)25(33)28-18-21-11-9-20(17-27)10-12-21;1-2/h5-6,9-14,16,19,22H,2-4,7-8,15,18H2,1H3,(H,28,33)(H,29,30,31);1-2H3/t22-;/m1./s1. The van der Waals surface area contributed by atoms with Crippen molar-refractivity contribution in [2.24, 2.45) is 5.92 Å². The van der Waals surface area contributed by atoms with Gasteiger partial charge in [0.05, 0.1) is 18.7 Å². The highest BCUT2D eigenvalue weighted by Crippen LogP contribution is 2.28. The Hall–Kier alpha value is -3.86. The Balaban J connectivity index is 0.00000176. The van der Waals surface area contributed by atoms with Crippen LogP contribution in [0.1, 0.15) is 63.5 Å². The van der Waals surface area contributed by atoms with Gasteiger partial charge >= 0.3 is 6.01 Å². The minimum absolute atomic E-state index is 0.0740. The first-order chi connectivity index (χ1) is 17.6. The Morgan fingerprint density at radius 3 is 2.47 bits per heavy atom. The zero-order chi connectivity index (χ0) is 25.8. The lowest BCUT2D eigenvalue weighted by Crippen LogP contribution is -2.41. The van der Waals surface area contributed by atoms with E-state index >= 15 is 0 Å². The molecule has 0 spiro atoms. The topological polar surface area (TPSA) is 105 Å². The Morgan fingerprint density at radius 1 is 1.14 bits per heavy atom. The first kappa shape index (κ1) is 26.7. The highest BCUT2D eigenvalue weighted by molar-refractivity contribution is 5.84. The Morgan fingerprint density at radius 2 is 1.83 bits per heavy atom. The van der Waals surface area contributed by atoms with E-state index in [0.717, 1.165) is 24.8 Å². The lowest BCUT2D eigenvalue weighted by atomic mass is 9.84. The molecule has 8 heteroatoms. The van der Waals surface area contributed by atoms with Crippen LogP contribution < -0.4 is 15.4 Å². The summed E-state index contributed by atoms with van der Waals surface area (Å²) in [7, 11) is 1.53. The largest absolute Gasteiger partial charge is 0.467 e. The number of benzene rings is 1. The van der Waals surface area contributed by atoms with Gasteiger partial charge in [-0.05, 0) is 42.2 Å². The van der Waals surface area contributed by atoms with Crippen molar-refractivity contribution in [1.29, 1.82) is 5.26 Å². The summed E-state index contributed by atoms with van der Waals surface area (Å²) in [6.45, 7) is 4.40. The van der Waals surface area contributed by atoms with E-state index in [4.69, 9.17) is 10.00 Å². The molecule has 0 unspecified atom stereocenters. The molecule has 2 aromatic heterocycles. The molecule has 1 aromatic carbocycles. The Labute approximate surface area is 213 Å². The number of rotatable bonds is 9. The van der Waals surface area contributed by atoms with Crippen molar-refractivity contribution in [2.75, 3.05) is 12.4 Å². The minimum Gasteiger partial charge on any atom is -0.467 e. The average molecular weight is 489 g/mol. The number of carbonyl (C=O) groups is 1. The van der Waals surface area contributed by atoms with E-state index in [9.17, 15) is 4.79 Å². The van der Waals surface area contributed by atoms with Gasteiger partial charge in [0.2, 0.25) is 5.91 Å². The Bertz CT molecular complexity index is 1120. The van der Waals surface area contributed by atoms with Crippen molar-refractivity contribution in [3.05, 3.63) is 66.0 Å². The van der Waals surface area contributed by atoms with Gasteiger partial charge in [0.25, 0.3) is 0 Å². The maximum atomic E-state index is 13.3. The molecule has 0 aliphatic heterocycles. The smallest absolute Gasteiger partial charge is 0.320 e. The number of ether oxygens (including phenoxy) is 1. The molecule has 4 rings (SSSR count). The zero-order valence-electron chi connectivity index (χ0n) is 21.4. The van der Waals surface area contributed by atoms with Gasteiger partial charge in [-0.2, -0.15) is 15.2 Å². The van der Waals surface area contributed by atoms with Gasteiger partial charge < -0.3 is 19.9 Å². The maximum Gasteiger partial charge on any atom is 0.320 e. The summed E-state index contributed by atoms with van der Waals surface area (Å²) in [5, 5.41) is 15.4. The zero-order valence-corrected chi connectivity index (χ0v) is 21.4. The highest BCUT2D eigenvalue weighted by atomic mass is 16.5. The van der Waals surface area contributed by atoms with Crippen LogP contribution in [0.4, 0.5) is 5.82 Å². The Kier molecular flexibility index (Phi) is 10.3. The van der Waals surface area contributed by atoms with Crippen LogP contribution in [0.2, 0.25) is 0 Å². The fourth-order valence-corrected chi connectivity index (χ4v) is 4.37. The number of nitriles is 1. The van der Waals surface area contributed by atoms with Crippen LogP contribution in [0, 0.1) is 17.2 Å². The number of methoxy groups -OCH3 is 1. The number of hydrogen-bond donors (Lipinski definition) is 2. The van der Waals surface area contributed by atoms with E-state index < -0.39 is 6.04 Å². The van der Waals surface area contributed by atoms with E-state index in [1.807, 2.05) is 61.1 Å². The third kappa shape index (κ3) is 7.57. The molecule has 36 heavy (non-hydrogen) atoms. The number of amides is 1. The highest BCUT2D eigenvalue weighted by Gasteiger charge is 2.25. The number of anilines is 1. The number of nitrogens with zero attached hydrogens (tertiary/aromatic N) is 4. The maximum absolute atomic E-state index is 13.3. The van der Waals surface area contributed by atoms with Gasteiger partial charge in [0.1, 0.15) is 17.7 Å². The van der Waals surface area contributed by atoms with Gasteiger partial charge in [0, 0.05) is 25.0 Å². The van der Waals surface area contributed by atoms with Gasteiger partial charge in [-0.1, -0.05) is 58.1 Å². The summed E-state index contributed by atoms with van der Waals surface area (Å²) in [6.07, 6.45) is 10.5. The lowest BCUT2D eigenvalue weighted by molar-refractivity contribution is -0.122. The molecule has 1 fully saturated rings. The van der Waals surface area contributed by atoms with E-state index in [2.05, 4.69) is 26.7 Å². The summed E-state index contributed by atoms with van der Waals surface area (Å²) in [5.41, 5.74) is 1.55. The second kappa shape index (κ2) is 13.9. The van der Waals surface area contributed by atoms with Gasteiger partial charge in [-0.3, -0.25) is 4.79 Å². The number of carbonyl (C=O) groups excluding carboxylic acids is 1. The molecule has 1 amide bonds. The monoisotopic (exact) mass is 488 g/mol. The SMILES string of the molecule is CC.COc1nc(N[C@H](CC2CCCCC2)C(=O)NCc2ccc(C#N)cc2)cc(-n2cccc2)n1. The second-order valence-electron chi connectivity index (χ2n) is 8.65. The van der Waals surface area contributed by atoms with Crippen LogP contribution in [-0.2, 0) is 11.3 Å². The van der Waals surface area contributed by atoms with E-state index in [0.29, 0.717) is 29.7 Å². The predicted octanol–water partition coefficient (Wildman–Crippen LogP) is 5.24. The molecule has 8 nitrogen and oxygen atoms in total. The van der Waals surface area contributed by atoms with Crippen LogP contribution in [-0.4, -0.2) is 33.6 Å². The van der Waals surface area contributed by atoms with Gasteiger partial charge in [-0.25, -0.2) is 0 Å². The molecule has 190 valence electrons. The van der Waals surface area contributed by atoms with Gasteiger partial charge in [-0.15, -0.1) is 0 Å². The molecule has 3 aromatic rings. The van der Waals surface area contributed by atoms with Gasteiger partial charge in [0.15, 0.2) is 0 Å². The molecular weight excluding hydrogens is 452 g/mol. The summed E-state index contributed by atoms with van der Waals surface area (Å²) < 4.78 is 7.18. The third-order valence-electron chi connectivity index (χ3n) is 6.23. The van der Waals surface area contributed by atoms with E-state index in [1.165, 1.54) is 26.4 Å². The molecule has 1 atom stereocenters. The van der Waals surface area contributed by atoms with Crippen molar-refractivity contribution >= 4 is 11.7 Å². The molecular formula is C28H36N6O2. The van der Waals surface area contributed by atoms with Crippen molar-refractivity contribution < 1.29 is 9.53 Å². The average Bonchev–Trinajstić information content (AvgIpc) is 3.48. The molecule has 0 radical (unpaired) electrons. The minimum atomic E-state index is -0.432. The summed E-state index contributed by atoms with van der Waals surface area (Å²) >= 11 is 0. The predicted molar refractivity (Wildman–Crippen MR) is 141 cm³/mol. The lowest BCUT2D eigenvalue weighted by Gasteiger charge is -2.27. The van der Waals surface area contributed by atoms with Crippen molar-refractivity contribution in [1.82, 2.24) is 19.9 Å². The fraction of sp³-hybridized carbons (Fsp3) is 0.429. The second-order valence-corrected chi connectivity index (χ2v) is 8.65. The van der Waals surface area contributed by atoms with E-state index in [-0.39, 0.29) is 11.9 Å². The first-order valence-electron chi connectivity index (χ1n) is 12.7. The van der Waals surface area contributed by atoms with Crippen LogP contribution >= 0.6 is 0 Å². The summed E-state index contributed by atoms with van der Waals surface area (Å²) in [5.74, 6) is 1.63. The molecule has 1 aliphatic rings. The quantitative estimate of drug-likeness (QED) is 0.427. The first-order valence-corrected chi connectivity index (χ1v) is 12.7. The number of hydrogen-bond acceptors (Lipinski definition) is 6. The third-order valence-corrected chi connectivity index (χ3v) is 6.23. The fourth-order valence-electron chi connectivity index (χ4n) is 4.37. The molecule has 0 bridgehead atoms. The number of aromatic nitrogens is 3. The van der Waals surface area contributed by atoms with Crippen LogP contribution in [0.5, 0.6) is 6.01 Å².